The number of ether oxygens (including phenoxy) is 1. The van der Waals surface area contributed by atoms with Gasteiger partial charge in [0.15, 0.2) is 12.1 Å². The molecule has 0 spiro atoms. The number of hydrogen-bond acceptors (Lipinski definition) is 6. The first-order valence-electron chi connectivity index (χ1n) is 7.37. The van der Waals surface area contributed by atoms with E-state index in [1.54, 1.807) is 6.92 Å². The van der Waals surface area contributed by atoms with E-state index in [0.29, 0.717) is 19.0 Å². The van der Waals surface area contributed by atoms with Crippen LogP contribution in [0.4, 0.5) is 0 Å². The van der Waals surface area contributed by atoms with Gasteiger partial charge in [0, 0.05) is 19.1 Å². The Morgan fingerprint density at radius 1 is 1.43 bits per heavy atom. The number of aliphatic hydroxyl groups is 1. The van der Waals surface area contributed by atoms with Crippen LogP contribution in [0, 0.1) is 6.92 Å². The first-order valence-corrected chi connectivity index (χ1v) is 7.37. The van der Waals surface area contributed by atoms with E-state index < -0.39 is 6.10 Å². The number of carbonyl (C=O) groups excluding carboxylic acids is 1. The molecule has 1 aliphatic heterocycles. The maximum Gasteiger partial charge on any atom is 0.273 e. The summed E-state index contributed by atoms with van der Waals surface area (Å²) < 4.78 is 10.4. The summed E-state index contributed by atoms with van der Waals surface area (Å²) in [5, 5.41) is 13.3. The number of rotatable bonds is 3. The number of carbonyl (C=O) groups is 1. The Bertz CT molecular complexity index is 498. The third-order valence-electron chi connectivity index (χ3n) is 4.37. The van der Waals surface area contributed by atoms with E-state index in [-0.39, 0.29) is 23.7 Å². The third kappa shape index (κ3) is 2.95. The standard InChI is InChI=1S/C14H21N3O4/c1-9-12(15-8-21-9)14(19)16-10-2-3-11(13(10)18)17-4-6-20-7-5-17/h8,10-11,13,18H,2-7H2,1H3,(H,16,19)/t10-,11-,13-/m1/s1. The lowest BCUT2D eigenvalue weighted by Crippen LogP contribution is -2.51. The third-order valence-corrected chi connectivity index (χ3v) is 4.37. The van der Waals surface area contributed by atoms with Crippen molar-refractivity contribution in [2.75, 3.05) is 26.3 Å². The molecule has 116 valence electrons. The van der Waals surface area contributed by atoms with Crippen LogP contribution >= 0.6 is 0 Å². The molecule has 1 saturated heterocycles. The number of nitrogens with zero attached hydrogens (tertiary/aromatic N) is 2. The second kappa shape index (κ2) is 6.13. The predicted octanol–water partition coefficient (Wildman–Crippen LogP) is -0.0631. The van der Waals surface area contributed by atoms with Crippen LogP contribution in [0.5, 0.6) is 0 Å². The van der Waals surface area contributed by atoms with E-state index in [1.165, 1.54) is 6.39 Å². The average molecular weight is 295 g/mol. The number of hydrogen-bond donors (Lipinski definition) is 2. The van der Waals surface area contributed by atoms with Gasteiger partial charge in [-0.1, -0.05) is 0 Å². The molecule has 2 heterocycles. The minimum absolute atomic E-state index is 0.0950. The Morgan fingerprint density at radius 2 is 2.19 bits per heavy atom. The molecule has 3 rings (SSSR count). The summed E-state index contributed by atoms with van der Waals surface area (Å²) in [4.78, 5) is 18.3. The molecule has 0 unspecified atom stereocenters. The first-order chi connectivity index (χ1) is 10.2. The molecule has 1 amide bonds. The molecule has 1 aromatic rings. The SMILES string of the molecule is Cc1ocnc1C(=O)N[C@@H]1CC[C@@H](N2CCOCC2)[C@@H]1O. The molecule has 7 nitrogen and oxygen atoms in total. The summed E-state index contributed by atoms with van der Waals surface area (Å²) in [6.45, 7) is 4.79. The van der Waals surface area contributed by atoms with Gasteiger partial charge in [-0.3, -0.25) is 9.69 Å². The molecule has 0 aromatic carbocycles. The van der Waals surface area contributed by atoms with Crippen molar-refractivity contribution in [1.82, 2.24) is 15.2 Å². The van der Waals surface area contributed by atoms with Crippen LogP contribution in [-0.2, 0) is 4.74 Å². The molecule has 1 saturated carbocycles. The number of amides is 1. The van der Waals surface area contributed by atoms with Crippen molar-refractivity contribution in [2.24, 2.45) is 0 Å². The van der Waals surface area contributed by atoms with E-state index in [4.69, 9.17) is 9.15 Å². The second-order valence-corrected chi connectivity index (χ2v) is 5.62. The molecular weight excluding hydrogens is 274 g/mol. The van der Waals surface area contributed by atoms with Gasteiger partial charge in [0.05, 0.1) is 25.4 Å². The largest absolute Gasteiger partial charge is 0.448 e. The van der Waals surface area contributed by atoms with Gasteiger partial charge in [-0.2, -0.15) is 0 Å². The lowest BCUT2D eigenvalue weighted by atomic mass is 10.1. The van der Waals surface area contributed by atoms with Gasteiger partial charge >= 0.3 is 0 Å². The fraction of sp³-hybridized carbons (Fsp3) is 0.714. The normalized spacial score (nSPS) is 30.5. The predicted molar refractivity (Wildman–Crippen MR) is 73.9 cm³/mol. The van der Waals surface area contributed by atoms with Crippen LogP contribution in [0.15, 0.2) is 10.8 Å². The smallest absolute Gasteiger partial charge is 0.273 e. The summed E-state index contributed by atoms with van der Waals surface area (Å²) in [6, 6.07) is -0.140. The van der Waals surface area contributed by atoms with Gasteiger partial charge in [-0.25, -0.2) is 4.98 Å². The molecule has 0 bridgehead atoms. The van der Waals surface area contributed by atoms with Crippen LogP contribution in [0.2, 0.25) is 0 Å². The Labute approximate surface area is 123 Å². The molecule has 0 radical (unpaired) electrons. The maximum absolute atomic E-state index is 12.1. The zero-order valence-electron chi connectivity index (χ0n) is 12.1. The summed E-state index contributed by atoms with van der Waals surface area (Å²) in [6.07, 6.45) is 2.35. The molecule has 2 N–H and O–H groups in total. The maximum atomic E-state index is 12.1. The summed E-state index contributed by atoms with van der Waals surface area (Å²) in [5.41, 5.74) is 0.289. The quantitative estimate of drug-likeness (QED) is 0.812. The lowest BCUT2D eigenvalue weighted by molar-refractivity contribution is -0.0154. The molecule has 3 atom stereocenters. The van der Waals surface area contributed by atoms with Crippen LogP contribution < -0.4 is 5.32 Å². The molecule has 1 aliphatic carbocycles. The fourth-order valence-electron chi connectivity index (χ4n) is 3.19. The van der Waals surface area contributed by atoms with Gasteiger partial charge in [-0.15, -0.1) is 0 Å². The van der Waals surface area contributed by atoms with Gasteiger partial charge in [0.1, 0.15) is 5.76 Å². The van der Waals surface area contributed by atoms with E-state index in [9.17, 15) is 9.90 Å². The van der Waals surface area contributed by atoms with E-state index >= 15 is 0 Å². The summed E-state index contributed by atoms with van der Waals surface area (Å²) >= 11 is 0. The van der Waals surface area contributed by atoms with Crippen molar-refractivity contribution in [2.45, 2.75) is 38.0 Å². The highest BCUT2D eigenvalue weighted by atomic mass is 16.5. The zero-order chi connectivity index (χ0) is 14.8. The van der Waals surface area contributed by atoms with Crippen molar-refractivity contribution >= 4 is 5.91 Å². The van der Waals surface area contributed by atoms with Crippen molar-refractivity contribution < 1.29 is 19.1 Å². The highest BCUT2D eigenvalue weighted by Crippen LogP contribution is 2.26. The Kier molecular flexibility index (Phi) is 4.23. The zero-order valence-corrected chi connectivity index (χ0v) is 12.1. The minimum atomic E-state index is -0.556. The van der Waals surface area contributed by atoms with Crippen LogP contribution in [0.1, 0.15) is 29.1 Å². The van der Waals surface area contributed by atoms with Gasteiger partial charge < -0.3 is 19.6 Å². The van der Waals surface area contributed by atoms with Crippen molar-refractivity contribution in [1.29, 1.82) is 0 Å². The number of oxazole rings is 1. The molecule has 2 fully saturated rings. The number of nitrogens with one attached hydrogen (secondary N) is 1. The second-order valence-electron chi connectivity index (χ2n) is 5.62. The molecular formula is C14H21N3O4. The number of aryl methyl sites for hydroxylation is 1. The molecule has 21 heavy (non-hydrogen) atoms. The van der Waals surface area contributed by atoms with Crippen LogP contribution in [0.25, 0.3) is 0 Å². The van der Waals surface area contributed by atoms with E-state index in [0.717, 1.165) is 25.9 Å². The van der Waals surface area contributed by atoms with Crippen molar-refractivity contribution in [3.8, 4) is 0 Å². The van der Waals surface area contributed by atoms with Crippen LogP contribution in [0.3, 0.4) is 0 Å². The van der Waals surface area contributed by atoms with E-state index in [2.05, 4.69) is 15.2 Å². The Morgan fingerprint density at radius 3 is 2.86 bits per heavy atom. The molecule has 1 aromatic heterocycles. The van der Waals surface area contributed by atoms with Gasteiger partial charge in [0.25, 0.3) is 5.91 Å². The highest BCUT2D eigenvalue weighted by Gasteiger charge is 2.39. The average Bonchev–Trinajstić information content (AvgIpc) is 3.07. The van der Waals surface area contributed by atoms with Crippen molar-refractivity contribution in [3.63, 3.8) is 0 Å². The molecule has 7 heteroatoms. The Hall–Kier alpha value is -1.44. The summed E-state index contributed by atoms with van der Waals surface area (Å²) in [7, 11) is 0. The number of aliphatic hydroxyl groups excluding tert-OH is 1. The highest BCUT2D eigenvalue weighted by molar-refractivity contribution is 5.93. The first kappa shape index (κ1) is 14.5. The van der Waals surface area contributed by atoms with Gasteiger partial charge in [-0.05, 0) is 19.8 Å². The van der Waals surface area contributed by atoms with Gasteiger partial charge in [0.2, 0.25) is 0 Å². The van der Waals surface area contributed by atoms with Crippen LogP contribution in [-0.4, -0.2) is 65.4 Å². The lowest BCUT2D eigenvalue weighted by Gasteiger charge is -2.34. The molecule has 2 aliphatic rings. The number of aromatic nitrogens is 1. The fourth-order valence-corrected chi connectivity index (χ4v) is 3.19. The Balaban J connectivity index is 1.60. The monoisotopic (exact) mass is 295 g/mol. The van der Waals surface area contributed by atoms with Crippen molar-refractivity contribution in [3.05, 3.63) is 17.8 Å². The summed E-state index contributed by atoms with van der Waals surface area (Å²) in [5.74, 6) is 0.206. The minimum Gasteiger partial charge on any atom is -0.448 e. The van der Waals surface area contributed by atoms with E-state index in [1.807, 2.05) is 0 Å². The number of morpholine rings is 1. The topological polar surface area (TPSA) is 87.8 Å².